The number of unbranched alkanes of at least 4 members (excludes halogenated alkanes) is 1. The van der Waals surface area contributed by atoms with Gasteiger partial charge < -0.3 is 5.11 Å². The predicted octanol–water partition coefficient (Wildman–Crippen LogP) is 8.00. The van der Waals surface area contributed by atoms with Gasteiger partial charge in [-0.1, -0.05) is 53.9 Å². The van der Waals surface area contributed by atoms with Gasteiger partial charge in [0, 0.05) is 0 Å². The van der Waals surface area contributed by atoms with Crippen molar-refractivity contribution >= 4 is 0 Å². The molecule has 4 saturated carbocycles. The van der Waals surface area contributed by atoms with Gasteiger partial charge in [-0.05, 0) is 117 Å². The fourth-order valence-corrected chi connectivity index (χ4v) is 9.17. The van der Waals surface area contributed by atoms with Crippen LogP contribution in [0.2, 0.25) is 0 Å². The van der Waals surface area contributed by atoms with Crippen molar-refractivity contribution in [2.24, 2.45) is 46.3 Å². The predicted molar refractivity (Wildman–Crippen MR) is 124 cm³/mol. The van der Waals surface area contributed by atoms with Crippen LogP contribution in [-0.2, 0) is 0 Å². The highest BCUT2D eigenvalue weighted by Crippen LogP contribution is 2.68. The summed E-state index contributed by atoms with van der Waals surface area (Å²) in [6, 6.07) is 0. The van der Waals surface area contributed by atoms with Crippen molar-refractivity contribution in [3.63, 3.8) is 0 Å². The van der Waals surface area contributed by atoms with E-state index in [1.165, 1.54) is 70.6 Å². The van der Waals surface area contributed by atoms with Crippen LogP contribution in [0.15, 0.2) is 0 Å². The number of aliphatic hydroxyl groups is 1. The maximum Gasteiger partial charge on any atom is 0.0648 e. The normalized spacial score (nSPS) is 49.6. The first-order valence-electron chi connectivity index (χ1n) is 13.4. The zero-order valence-corrected chi connectivity index (χ0v) is 20.3. The largest absolute Gasteiger partial charge is 0.390 e. The number of hydrogen-bond acceptors (Lipinski definition) is 1. The summed E-state index contributed by atoms with van der Waals surface area (Å²) < 4.78 is 0. The van der Waals surface area contributed by atoms with Gasteiger partial charge in [0.2, 0.25) is 0 Å². The van der Waals surface area contributed by atoms with Crippen LogP contribution in [0.4, 0.5) is 0 Å². The molecule has 4 aliphatic rings. The first-order chi connectivity index (χ1) is 13.7. The molecule has 4 aliphatic carbocycles. The lowest BCUT2D eigenvalue weighted by atomic mass is 9.43. The van der Waals surface area contributed by atoms with E-state index < -0.39 is 0 Å². The highest BCUT2D eigenvalue weighted by Gasteiger charge is 2.60. The molecule has 0 radical (unpaired) electrons. The van der Waals surface area contributed by atoms with Crippen molar-refractivity contribution in [3.8, 4) is 0 Å². The monoisotopic (exact) mass is 402 g/mol. The van der Waals surface area contributed by atoms with Crippen molar-refractivity contribution in [1.82, 2.24) is 0 Å². The van der Waals surface area contributed by atoms with Gasteiger partial charge in [-0.2, -0.15) is 0 Å². The molecule has 1 heteroatoms. The summed E-state index contributed by atoms with van der Waals surface area (Å²) in [5.74, 6) is 5.59. The molecular formula is C28H50O. The zero-order chi connectivity index (χ0) is 20.9. The lowest BCUT2D eigenvalue weighted by Crippen LogP contribution is -2.55. The smallest absolute Gasteiger partial charge is 0.0648 e. The van der Waals surface area contributed by atoms with Gasteiger partial charge in [-0.15, -0.1) is 0 Å². The Kier molecular flexibility index (Phi) is 6.22. The fraction of sp³-hybridized carbons (Fsp3) is 1.00. The third-order valence-electron chi connectivity index (χ3n) is 11.3. The molecule has 0 aromatic carbocycles. The van der Waals surface area contributed by atoms with Gasteiger partial charge in [0.05, 0.1) is 5.60 Å². The van der Waals surface area contributed by atoms with Crippen molar-refractivity contribution in [1.29, 1.82) is 0 Å². The van der Waals surface area contributed by atoms with Crippen LogP contribution in [0, 0.1) is 46.3 Å². The average molecular weight is 403 g/mol. The number of rotatable bonds is 6. The summed E-state index contributed by atoms with van der Waals surface area (Å²) in [6.45, 7) is 12.3. The van der Waals surface area contributed by atoms with Gasteiger partial charge in [-0.3, -0.25) is 0 Å². The molecule has 0 aromatic rings. The molecule has 0 heterocycles. The SMILES string of the molecule is CC[C@]1(O)CCC2(C)C(CCC3C2CCC2(C)C3CC[C@@H]2CCCCC(C)C)C1. The van der Waals surface area contributed by atoms with Crippen LogP contribution in [0.3, 0.4) is 0 Å². The molecule has 0 aliphatic heterocycles. The van der Waals surface area contributed by atoms with Crippen molar-refractivity contribution < 1.29 is 5.11 Å². The minimum atomic E-state index is -0.353. The van der Waals surface area contributed by atoms with E-state index in [2.05, 4.69) is 34.6 Å². The minimum absolute atomic E-state index is 0.353. The molecule has 0 aromatic heterocycles. The van der Waals surface area contributed by atoms with E-state index in [1.807, 2.05) is 0 Å². The van der Waals surface area contributed by atoms with Crippen molar-refractivity contribution in [3.05, 3.63) is 0 Å². The minimum Gasteiger partial charge on any atom is -0.390 e. The van der Waals surface area contributed by atoms with E-state index >= 15 is 0 Å². The van der Waals surface area contributed by atoms with Gasteiger partial charge in [0.15, 0.2) is 0 Å². The van der Waals surface area contributed by atoms with Gasteiger partial charge in [0.25, 0.3) is 0 Å². The molecule has 168 valence electrons. The molecule has 0 spiro atoms. The lowest BCUT2D eigenvalue weighted by molar-refractivity contribution is -0.151. The summed E-state index contributed by atoms with van der Waals surface area (Å²) in [7, 11) is 0. The van der Waals surface area contributed by atoms with E-state index in [0.29, 0.717) is 10.8 Å². The van der Waals surface area contributed by atoms with Crippen LogP contribution in [0.25, 0.3) is 0 Å². The summed E-state index contributed by atoms with van der Waals surface area (Å²) in [6.07, 6.45) is 19.1. The number of fused-ring (bicyclic) bond motifs is 5. The Morgan fingerprint density at radius 1 is 0.862 bits per heavy atom. The van der Waals surface area contributed by atoms with Gasteiger partial charge >= 0.3 is 0 Å². The standard InChI is InChI=1S/C28H50O/c1-6-28(29)18-17-27(5)22(19-28)11-13-23-24-14-12-21(10-8-7-9-20(2)3)26(24,4)16-15-25(23)27/h20-25,29H,6-19H2,1-5H3/t21-,22?,23?,24?,25?,26?,27?,28-/m0/s1. The second kappa shape index (κ2) is 8.14. The lowest BCUT2D eigenvalue weighted by Gasteiger charge is -2.62. The molecule has 1 nitrogen and oxygen atoms in total. The van der Waals surface area contributed by atoms with Gasteiger partial charge in [0.1, 0.15) is 0 Å². The topological polar surface area (TPSA) is 20.2 Å². The van der Waals surface area contributed by atoms with E-state index in [4.69, 9.17) is 0 Å². The Bertz CT molecular complexity index is 569. The summed E-state index contributed by atoms with van der Waals surface area (Å²) in [5, 5.41) is 11.0. The summed E-state index contributed by atoms with van der Waals surface area (Å²) >= 11 is 0. The Balaban J connectivity index is 1.43. The third kappa shape index (κ3) is 3.85. The van der Waals surface area contributed by atoms with E-state index in [9.17, 15) is 5.11 Å². The van der Waals surface area contributed by atoms with E-state index in [0.717, 1.165) is 54.8 Å². The summed E-state index contributed by atoms with van der Waals surface area (Å²) in [4.78, 5) is 0. The van der Waals surface area contributed by atoms with Crippen LogP contribution < -0.4 is 0 Å². The quantitative estimate of drug-likeness (QED) is 0.446. The second-order valence-corrected chi connectivity index (χ2v) is 12.9. The zero-order valence-electron chi connectivity index (χ0n) is 20.3. The van der Waals surface area contributed by atoms with Crippen LogP contribution in [0.1, 0.15) is 125 Å². The Hall–Kier alpha value is -0.0400. The number of hydrogen-bond donors (Lipinski definition) is 1. The molecule has 4 fully saturated rings. The first-order valence-corrected chi connectivity index (χ1v) is 13.4. The molecule has 0 bridgehead atoms. The van der Waals surface area contributed by atoms with Crippen molar-refractivity contribution in [2.75, 3.05) is 0 Å². The second-order valence-electron chi connectivity index (χ2n) is 12.9. The van der Waals surface area contributed by atoms with Crippen molar-refractivity contribution in [2.45, 2.75) is 130 Å². The Morgan fingerprint density at radius 2 is 1.62 bits per heavy atom. The molecule has 6 unspecified atom stereocenters. The first kappa shape index (κ1) is 22.2. The Labute approximate surface area is 181 Å². The molecule has 4 rings (SSSR count). The third-order valence-corrected chi connectivity index (χ3v) is 11.3. The Morgan fingerprint density at radius 3 is 2.34 bits per heavy atom. The highest BCUT2D eigenvalue weighted by atomic mass is 16.3. The maximum absolute atomic E-state index is 11.0. The van der Waals surface area contributed by atoms with E-state index in [-0.39, 0.29) is 5.60 Å². The highest BCUT2D eigenvalue weighted by molar-refractivity contribution is 5.10. The molecular weight excluding hydrogens is 352 g/mol. The average Bonchev–Trinajstić information content (AvgIpc) is 3.02. The van der Waals surface area contributed by atoms with E-state index in [1.54, 1.807) is 0 Å². The molecule has 29 heavy (non-hydrogen) atoms. The van der Waals surface area contributed by atoms with Crippen LogP contribution in [-0.4, -0.2) is 10.7 Å². The molecule has 0 saturated heterocycles. The summed E-state index contributed by atoms with van der Waals surface area (Å²) in [5.41, 5.74) is 0.802. The van der Waals surface area contributed by atoms with Crippen LogP contribution in [0.5, 0.6) is 0 Å². The molecule has 0 amide bonds. The molecule has 1 N–H and O–H groups in total. The fourth-order valence-electron chi connectivity index (χ4n) is 9.17. The van der Waals surface area contributed by atoms with Gasteiger partial charge in [-0.25, -0.2) is 0 Å². The maximum atomic E-state index is 11.0. The van der Waals surface area contributed by atoms with Crippen LogP contribution >= 0.6 is 0 Å². The molecule has 8 atom stereocenters.